The highest BCUT2D eigenvalue weighted by atomic mass is 16.7. The molecule has 108 valence electrons. The van der Waals surface area contributed by atoms with Gasteiger partial charge in [0.05, 0.1) is 12.5 Å². The molecule has 6 unspecified atom stereocenters. The number of ether oxygens (including phenoxy) is 2. The molecule has 2 N–H and O–H groups in total. The Morgan fingerprint density at radius 1 is 1.47 bits per heavy atom. The minimum Gasteiger partial charge on any atom is -0.425 e. The number of aliphatic hydroxyl groups is 2. The van der Waals surface area contributed by atoms with Crippen molar-refractivity contribution in [1.29, 1.82) is 0 Å². The summed E-state index contributed by atoms with van der Waals surface area (Å²) in [6.07, 6.45) is -0.674. The lowest BCUT2D eigenvalue weighted by Gasteiger charge is -2.37. The lowest BCUT2D eigenvalue weighted by molar-refractivity contribution is -0.224. The topological polar surface area (TPSA) is 93.1 Å². The van der Waals surface area contributed by atoms with Crippen LogP contribution in [-0.2, 0) is 19.1 Å². The van der Waals surface area contributed by atoms with Gasteiger partial charge in [-0.15, -0.1) is 0 Å². The molecule has 0 amide bonds. The van der Waals surface area contributed by atoms with Crippen molar-refractivity contribution in [3.63, 3.8) is 0 Å². The molecule has 2 aliphatic rings. The molecule has 6 nitrogen and oxygen atoms in total. The maximum Gasteiger partial charge on any atom is 0.340 e. The van der Waals surface area contributed by atoms with E-state index in [1.807, 2.05) is 13.8 Å². The lowest BCUT2D eigenvalue weighted by Crippen LogP contribution is -2.46. The van der Waals surface area contributed by atoms with Crippen molar-refractivity contribution in [2.75, 3.05) is 6.61 Å². The summed E-state index contributed by atoms with van der Waals surface area (Å²) in [5.74, 6) is -1.06. The van der Waals surface area contributed by atoms with E-state index in [0.29, 0.717) is 5.92 Å². The minimum atomic E-state index is -1.59. The molecule has 6 heteroatoms. The van der Waals surface area contributed by atoms with Crippen LogP contribution in [0.4, 0.5) is 0 Å². The van der Waals surface area contributed by atoms with E-state index in [1.54, 1.807) is 0 Å². The van der Waals surface area contributed by atoms with Crippen LogP contribution in [0.5, 0.6) is 0 Å². The fourth-order valence-electron chi connectivity index (χ4n) is 3.13. The molecule has 1 heterocycles. The first-order chi connectivity index (χ1) is 8.95. The smallest absolute Gasteiger partial charge is 0.340 e. The number of aliphatic hydroxyl groups excluding tert-OH is 2. The van der Waals surface area contributed by atoms with Gasteiger partial charge in [-0.3, -0.25) is 4.79 Å². The first-order valence-electron chi connectivity index (χ1n) is 6.65. The molecule has 0 spiro atoms. The number of carbonyl (C=O) groups is 2. The molecule has 1 aliphatic carbocycles. The van der Waals surface area contributed by atoms with Crippen LogP contribution in [0.2, 0.25) is 0 Å². The Morgan fingerprint density at radius 3 is 2.79 bits per heavy atom. The van der Waals surface area contributed by atoms with Gasteiger partial charge in [0.25, 0.3) is 0 Å². The molecule has 2 rings (SSSR count). The summed E-state index contributed by atoms with van der Waals surface area (Å²) in [4.78, 5) is 23.4. The fraction of sp³-hybridized carbons (Fsp3) is 0.846. The average molecular weight is 272 g/mol. The second-order valence-corrected chi connectivity index (χ2v) is 5.54. The predicted molar refractivity (Wildman–Crippen MR) is 63.6 cm³/mol. The zero-order valence-corrected chi connectivity index (χ0v) is 11.1. The van der Waals surface area contributed by atoms with Crippen molar-refractivity contribution in [1.82, 2.24) is 0 Å². The maximum atomic E-state index is 11.9. The van der Waals surface area contributed by atoms with Gasteiger partial charge in [0.15, 0.2) is 6.10 Å². The zero-order valence-electron chi connectivity index (χ0n) is 11.1. The molecule has 0 radical (unpaired) electrons. The molecular formula is C13H20O6. The summed E-state index contributed by atoms with van der Waals surface area (Å²) >= 11 is 0. The van der Waals surface area contributed by atoms with Gasteiger partial charge >= 0.3 is 11.9 Å². The van der Waals surface area contributed by atoms with Crippen molar-refractivity contribution in [2.24, 2.45) is 23.7 Å². The van der Waals surface area contributed by atoms with Gasteiger partial charge in [-0.05, 0) is 24.7 Å². The number of fused-ring (bicyclic) bond motifs is 1. The van der Waals surface area contributed by atoms with Crippen LogP contribution in [0.3, 0.4) is 0 Å². The summed E-state index contributed by atoms with van der Waals surface area (Å²) in [6.45, 7) is 3.20. The molecule has 1 saturated heterocycles. The molecule has 0 aromatic heterocycles. The van der Waals surface area contributed by atoms with E-state index in [9.17, 15) is 14.7 Å². The van der Waals surface area contributed by atoms with Crippen molar-refractivity contribution in [3.05, 3.63) is 0 Å². The standard InChI is InChI=1S/C13H20O6/c1-6-3-4-8-7(2)13(19-12(17)10(6)8)18-11(16)9(15)5-14/h6-10,13-15H,3-5H2,1-2H3. The molecule has 6 atom stereocenters. The average Bonchev–Trinajstić information content (AvgIpc) is 2.77. The molecule has 0 bridgehead atoms. The van der Waals surface area contributed by atoms with E-state index in [-0.39, 0.29) is 23.7 Å². The number of esters is 2. The van der Waals surface area contributed by atoms with Gasteiger partial charge in [0.2, 0.25) is 6.29 Å². The Kier molecular flexibility index (Phi) is 4.10. The van der Waals surface area contributed by atoms with E-state index < -0.39 is 25.0 Å². The van der Waals surface area contributed by atoms with Crippen molar-refractivity contribution < 1.29 is 29.3 Å². The number of hydrogen-bond donors (Lipinski definition) is 2. The number of rotatable bonds is 3. The molecule has 1 saturated carbocycles. The predicted octanol–water partition coefficient (Wildman–Crippen LogP) is 0.0641. The van der Waals surface area contributed by atoms with Gasteiger partial charge in [0, 0.05) is 5.92 Å². The Labute approximate surface area is 111 Å². The van der Waals surface area contributed by atoms with Crippen molar-refractivity contribution in [2.45, 2.75) is 39.1 Å². The molecule has 19 heavy (non-hydrogen) atoms. The van der Waals surface area contributed by atoms with Gasteiger partial charge < -0.3 is 19.7 Å². The number of cyclic esters (lactones) is 1. The van der Waals surface area contributed by atoms with E-state index in [1.165, 1.54) is 0 Å². The second kappa shape index (κ2) is 5.46. The Balaban J connectivity index is 2.04. The lowest BCUT2D eigenvalue weighted by atomic mass is 9.80. The van der Waals surface area contributed by atoms with Gasteiger partial charge in [-0.2, -0.15) is 0 Å². The zero-order chi connectivity index (χ0) is 14.2. The van der Waals surface area contributed by atoms with Gasteiger partial charge in [-0.25, -0.2) is 4.79 Å². The van der Waals surface area contributed by atoms with Gasteiger partial charge in [0.1, 0.15) is 0 Å². The summed E-state index contributed by atoms with van der Waals surface area (Å²) in [5, 5.41) is 17.9. The summed E-state index contributed by atoms with van der Waals surface area (Å²) < 4.78 is 10.2. The second-order valence-electron chi connectivity index (χ2n) is 5.54. The van der Waals surface area contributed by atoms with Crippen LogP contribution in [0, 0.1) is 23.7 Å². The fourth-order valence-corrected chi connectivity index (χ4v) is 3.13. The number of carbonyl (C=O) groups excluding carboxylic acids is 2. The van der Waals surface area contributed by atoms with Crippen LogP contribution in [0.15, 0.2) is 0 Å². The SMILES string of the molecule is CC1CCC2C(C)C(OC(=O)C(O)CO)OC(=O)C12. The minimum absolute atomic E-state index is 0.0949. The van der Waals surface area contributed by atoms with Crippen molar-refractivity contribution in [3.8, 4) is 0 Å². The van der Waals surface area contributed by atoms with Crippen LogP contribution >= 0.6 is 0 Å². The largest absolute Gasteiger partial charge is 0.425 e. The monoisotopic (exact) mass is 272 g/mol. The quantitative estimate of drug-likeness (QED) is 0.706. The summed E-state index contributed by atoms with van der Waals surface area (Å²) in [6, 6.07) is 0. The van der Waals surface area contributed by atoms with Crippen LogP contribution in [0.1, 0.15) is 26.7 Å². The first-order valence-corrected chi connectivity index (χ1v) is 6.65. The van der Waals surface area contributed by atoms with E-state index in [2.05, 4.69) is 0 Å². The Bertz CT molecular complexity index is 368. The van der Waals surface area contributed by atoms with Crippen LogP contribution < -0.4 is 0 Å². The third-order valence-corrected chi connectivity index (χ3v) is 4.32. The number of hydrogen-bond acceptors (Lipinski definition) is 6. The Hall–Kier alpha value is -1.14. The normalized spacial score (nSPS) is 39.4. The van der Waals surface area contributed by atoms with Gasteiger partial charge in [-0.1, -0.05) is 13.8 Å². The van der Waals surface area contributed by atoms with E-state index >= 15 is 0 Å². The van der Waals surface area contributed by atoms with Crippen molar-refractivity contribution >= 4 is 11.9 Å². The molecule has 0 aromatic carbocycles. The third-order valence-electron chi connectivity index (χ3n) is 4.32. The molecule has 2 fully saturated rings. The highest BCUT2D eigenvalue weighted by molar-refractivity contribution is 5.76. The van der Waals surface area contributed by atoms with E-state index in [0.717, 1.165) is 12.8 Å². The highest BCUT2D eigenvalue weighted by Crippen LogP contribution is 2.46. The maximum absolute atomic E-state index is 11.9. The van der Waals surface area contributed by atoms with Crippen LogP contribution in [0.25, 0.3) is 0 Å². The van der Waals surface area contributed by atoms with Crippen LogP contribution in [-0.4, -0.2) is 41.2 Å². The molecular weight excluding hydrogens is 252 g/mol. The summed E-state index contributed by atoms with van der Waals surface area (Å²) in [7, 11) is 0. The molecule has 0 aromatic rings. The highest BCUT2D eigenvalue weighted by Gasteiger charge is 2.50. The first kappa shape index (κ1) is 14.3. The third kappa shape index (κ3) is 2.60. The van der Waals surface area contributed by atoms with E-state index in [4.69, 9.17) is 14.6 Å². The summed E-state index contributed by atoms with van der Waals surface area (Å²) in [5.41, 5.74) is 0. The molecule has 1 aliphatic heterocycles. The Morgan fingerprint density at radius 2 is 2.16 bits per heavy atom.